The summed E-state index contributed by atoms with van der Waals surface area (Å²) < 4.78 is 32.5. The molecular formula is C26H30N6O4S. The van der Waals surface area contributed by atoms with Gasteiger partial charge in [-0.1, -0.05) is 26.0 Å². The van der Waals surface area contributed by atoms with E-state index in [1.54, 1.807) is 0 Å². The van der Waals surface area contributed by atoms with Gasteiger partial charge in [0.05, 0.1) is 35.7 Å². The van der Waals surface area contributed by atoms with Crippen molar-refractivity contribution in [3.63, 3.8) is 0 Å². The molecule has 1 aliphatic rings. The zero-order valence-corrected chi connectivity index (χ0v) is 21.9. The standard InChI is InChI=1S/C26H30N6O4S/c1-18(2)24(26(33)36-3)30-25-21-6-4-5-7-22(21)28-23(29-25)17-31-12-14-32(15-13-31)37(34,35)20-10-8-19(16-27)9-11-20/h4-11,18,24H,12-15,17H2,1-3H3,(H,28,29,30)/t24-/m0/s1. The molecule has 0 aliphatic carbocycles. The second-order valence-corrected chi connectivity index (χ2v) is 11.1. The minimum absolute atomic E-state index is 0.0178. The van der Waals surface area contributed by atoms with Gasteiger partial charge in [-0.15, -0.1) is 0 Å². The maximum Gasteiger partial charge on any atom is 0.328 e. The Bertz CT molecular complexity index is 1410. The number of esters is 1. The van der Waals surface area contributed by atoms with Crippen molar-refractivity contribution >= 4 is 32.7 Å². The number of aromatic nitrogens is 2. The molecule has 1 saturated heterocycles. The first-order valence-corrected chi connectivity index (χ1v) is 13.5. The van der Waals surface area contributed by atoms with Gasteiger partial charge in [-0.25, -0.2) is 23.2 Å². The Balaban J connectivity index is 1.49. The normalized spacial score (nSPS) is 15.9. The summed E-state index contributed by atoms with van der Waals surface area (Å²) in [5.41, 5.74) is 1.17. The predicted octanol–water partition coefficient (Wildman–Crippen LogP) is 2.62. The maximum atomic E-state index is 13.0. The third kappa shape index (κ3) is 5.88. The quantitative estimate of drug-likeness (QED) is 0.444. The van der Waals surface area contributed by atoms with E-state index in [-0.39, 0.29) is 16.8 Å². The van der Waals surface area contributed by atoms with Gasteiger partial charge in [0.25, 0.3) is 0 Å². The second kappa shape index (κ2) is 11.2. The van der Waals surface area contributed by atoms with Crippen LogP contribution in [0, 0.1) is 17.2 Å². The number of hydrogen-bond acceptors (Lipinski definition) is 9. The average molecular weight is 523 g/mol. The molecule has 2 aromatic carbocycles. The summed E-state index contributed by atoms with van der Waals surface area (Å²) in [6, 6.07) is 15.0. The van der Waals surface area contributed by atoms with Crippen molar-refractivity contribution in [2.24, 2.45) is 5.92 Å². The van der Waals surface area contributed by atoms with Crippen LogP contribution >= 0.6 is 0 Å². The molecular weight excluding hydrogens is 492 g/mol. The third-order valence-corrected chi connectivity index (χ3v) is 8.29. The van der Waals surface area contributed by atoms with Crippen molar-refractivity contribution < 1.29 is 17.9 Å². The van der Waals surface area contributed by atoms with E-state index in [9.17, 15) is 13.2 Å². The van der Waals surface area contributed by atoms with E-state index >= 15 is 0 Å². The number of ether oxygens (including phenoxy) is 1. The number of anilines is 1. The van der Waals surface area contributed by atoms with Crippen LogP contribution in [0.15, 0.2) is 53.4 Å². The highest BCUT2D eigenvalue weighted by Crippen LogP contribution is 2.24. The van der Waals surface area contributed by atoms with Gasteiger partial charge in [0.15, 0.2) is 0 Å². The Morgan fingerprint density at radius 1 is 1.08 bits per heavy atom. The summed E-state index contributed by atoms with van der Waals surface area (Å²) in [4.78, 5) is 24.1. The molecule has 1 atom stereocenters. The largest absolute Gasteiger partial charge is 0.467 e. The molecule has 37 heavy (non-hydrogen) atoms. The molecule has 0 amide bonds. The molecule has 2 heterocycles. The van der Waals surface area contributed by atoms with E-state index in [4.69, 9.17) is 20.0 Å². The van der Waals surface area contributed by atoms with Gasteiger partial charge in [0.1, 0.15) is 17.7 Å². The zero-order valence-electron chi connectivity index (χ0n) is 21.1. The molecule has 0 unspecified atom stereocenters. The van der Waals surface area contributed by atoms with Gasteiger partial charge in [-0.3, -0.25) is 4.90 Å². The minimum Gasteiger partial charge on any atom is -0.467 e. The van der Waals surface area contributed by atoms with E-state index < -0.39 is 16.1 Å². The van der Waals surface area contributed by atoms with Crippen LogP contribution in [-0.4, -0.2) is 72.9 Å². The molecule has 11 heteroatoms. The molecule has 1 N–H and O–H groups in total. The van der Waals surface area contributed by atoms with Crippen LogP contribution in [0.4, 0.5) is 5.82 Å². The lowest BCUT2D eigenvalue weighted by atomic mass is 10.0. The molecule has 0 bridgehead atoms. The average Bonchev–Trinajstić information content (AvgIpc) is 2.91. The van der Waals surface area contributed by atoms with Crippen LogP contribution < -0.4 is 5.32 Å². The number of nitrogens with zero attached hydrogens (tertiary/aromatic N) is 5. The third-order valence-electron chi connectivity index (χ3n) is 6.38. The zero-order chi connectivity index (χ0) is 26.6. The number of hydrogen-bond donors (Lipinski definition) is 1. The smallest absolute Gasteiger partial charge is 0.328 e. The number of nitriles is 1. The summed E-state index contributed by atoms with van der Waals surface area (Å²) >= 11 is 0. The number of sulfonamides is 1. The monoisotopic (exact) mass is 522 g/mol. The number of carbonyl (C=O) groups is 1. The lowest BCUT2D eigenvalue weighted by Crippen LogP contribution is -2.48. The van der Waals surface area contributed by atoms with Crippen LogP contribution in [-0.2, 0) is 26.1 Å². The van der Waals surface area contributed by atoms with Crippen LogP contribution in [0.5, 0.6) is 0 Å². The van der Waals surface area contributed by atoms with Crippen LogP contribution in [0.25, 0.3) is 10.9 Å². The van der Waals surface area contributed by atoms with Gasteiger partial charge >= 0.3 is 5.97 Å². The topological polar surface area (TPSA) is 129 Å². The fraction of sp³-hybridized carbons (Fsp3) is 0.385. The Labute approximate surface area is 216 Å². The highest BCUT2D eigenvalue weighted by molar-refractivity contribution is 7.89. The summed E-state index contributed by atoms with van der Waals surface area (Å²) in [7, 11) is -2.27. The van der Waals surface area contributed by atoms with E-state index in [1.165, 1.54) is 35.7 Å². The molecule has 0 saturated carbocycles. The SMILES string of the molecule is COC(=O)[C@@H](Nc1nc(CN2CCN(S(=O)(=O)c3ccc(C#N)cc3)CC2)nc2ccccc12)C(C)C. The van der Waals surface area contributed by atoms with Gasteiger partial charge in [0, 0.05) is 31.6 Å². The first-order chi connectivity index (χ1) is 17.7. The Morgan fingerprint density at radius 3 is 2.38 bits per heavy atom. The van der Waals surface area contributed by atoms with E-state index in [0.29, 0.717) is 49.9 Å². The molecule has 0 spiro atoms. The van der Waals surface area contributed by atoms with Crippen molar-refractivity contribution in [3.8, 4) is 6.07 Å². The number of para-hydroxylation sites is 1. The molecule has 194 valence electrons. The molecule has 0 radical (unpaired) electrons. The van der Waals surface area contributed by atoms with Crippen LogP contribution in [0.2, 0.25) is 0 Å². The van der Waals surface area contributed by atoms with Crippen molar-refractivity contribution in [1.82, 2.24) is 19.2 Å². The lowest BCUT2D eigenvalue weighted by molar-refractivity contribution is -0.142. The van der Waals surface area contributed by atoms with Gasteiger partial charge in [-0.05, 0) is 42.3 Å². The van der Waals surface area contributed by atoms with Crippen LogP contribution in [0.1, 0.15) is 25.2 Å². The predicted molar refractivity (Wildman–Crippen MR) is 139 cm³/mol. The van der Waals surface area contributed by atoms with E-state index in [2.05, 4.69) is 10.2 Å². The minimum atomic E-state index is -3.64. The van der Waals surface area contributed by atoms with Crippen molar-refractivity contribution in [2.75, 3.05) is 38.6 Å². The number of benzene rings is 2. The Morgan fingerprint density at radius 2 is 1.76 bits per heavy atom. The number of fused-ring (bicyclic) bond motifs is 1. The summed E-state index contributed by atoms with van der Waals surface area (Å²) in [6.45, 7) is 6.01. The number of piperazine rings is 1. The van der Waals surface area contributed by atoms with E-state index in [0.717, 1.165) is 10.9 Å². The van der Waals surface area contributed by atoms with Crippen molar-refractivity contribution in [2.45, 2.75) is 31.3 Å². The molecule has 10 nitrogen and oxygen atoms in total. The molecule has 1 fully saturated rings. The van der Waals surface area contributed by atoms with Gasteiger partial charge < -0.3 is 10.1 Å². The number of methoxy groups -OCH3 is 1. The highest BCUT2D eigenvalue weighted by Gasteiger charge is 2.29. The second-order valence-electron chi connectivity index (χ2n) is 9.21. The molecule has 1 aliphatic heterocycles. The van der Waals surface area contributed by atoms with Crippen molar-refractivity contribution in [1.29, 1.82) is 5.26 Å². The molecule has 3 aromatic rings. The number of nitrogens with one attached hydrogen (secondary N) is 1. The first-order valence-electron chi connectivity index (χ1n) is 12.1. The Hall–Kier alpha value is -3.59. The number of carbonyl (C=O) groups excluding carboxylic acids is 1. The molecule has 4 rings (SSSR count). The molecule has 1 aromatic heterocycles. The highest BCUT2D eigenvalue weighted by atomic mass is 32.2. The Kier molecular flexibility index (Phi) is 8.02. The lowest BCUT2D eigenvalue weighted by Gasteiger charge is -2.33. The maximum absolute atomic E-state index is 13.0. The summed E-state index contributed by atoms with van der Waals surface area (Å²) in [5.74, 6) is 0.762. The van der Waals surface area contributed by atoms with Crippen LogP contribution in [0.3, 0.4) is 0 Å². The van der Waals surface area contributed by atoms with Gasteiger partial charge in [0.2, 0.25) is 10.0 Å². The fourth-order valence-electron chi connectivity index (χ4n) is 4.26. The van der Waals surface area contributed by atoms with Gasteiger partial charge in [-0.2, -0.15) is 9.57 Å². The summed E-state index contributed by atoms with van der Waals surface area (Å²) in [5, 5.41) is 13.0. The van der Waals surface area contributed by atoms with E-state index in [1.807, 2.05) is 44.2 Å². The summed E-state index contributed by atoms with van der Waals surface area (Å²) in [6.07, 6.45) is 0. The fourth-order valence-corrected chi connectivity index (χ4v) is 5.68. The first kappa shape index (κ1) is 26.5. The van der Waals surface area contributed by atoms with Crippen molar-refractivity contribution in [3.05, 3.63) is 59.9 Å². The number of rotatable bonds is 8.